The Labute approximate surface area is 203 Å². The molecule has 2 aliphatic rings. The average molecular weight is 454 g/mol. The van der Waals surface area contributed by atoms with Gasteiger partial charge in [0.25, 0.3) is 5.91 Å². The molecule has 3 aromatic rings. The van der Waals surface area contributed by atoms with Crippen molar-refractivity contribution in [3.8, 4) is 0 Å². The molecule has 3 aromatic carbocycles. The lowest BCUT2D eigenvalue weighted by atomic mass is 9.99. The lowest BCUT2D eigenvalue weighted by molar-refractivity contribution is 0.0951. The van der Waals surface area contributed by atoms with Crippen molar-refractivity contribution in [1.82, 2.24) is 15.1 Å². The molecule has 0 unspecified atom stereocenters. The van der Waals surface area contributed by atoms with Crippen LogP contribution in [0.25, 0.3) is 0 Å². The zero-order valence-corrected chi connectivity index (χ0v) is 20.0. The number of hydrogen-bond donors (Lipinski definition) is 1. The number of carbonyl (C=O) groups is 1. The molecule has 5 rings (SSSR count). The highest BCUT2D eigenvalue weighted by atomic mass is 16.1. The number of likely N-dealkylation sites (tertiary alicyclic amines) is 1. The summed E-state index contributed by atoms with van der Waals surface area (Å²) in [5.74, 6) is -0.0177. The third-order valence-electron chi connectivity index (χ3n) is 7.16. The zero-order valence-electron chi connectivity index (χ0n) is 20.0. The van der Waals surface area contributed by atoms with E-state index < -0.39 is 0 Å². The molecule has 176 valence electrons. The summed E-state index contributed by atoms with van der Waals surface area (Å²) >= 11 is 0. The first-order valence-electron chi connectivity index (χ1n) is 12.7. The molecule has 4 heteroatoms. The number of piperidine rings is 1. The van der Waals surface area contributed by atoms with Crippen LogP contribution in [0.2, 0.25) is 0 Å². The third-order valence-corrected chi connectivity index (χ3v) is 7.16. The van der Waals surface area contributed by atoms with Gasteiger partial charge in [-0.2, -0.15) is 0 Å². The van der Waals surface area contributed by atoms with Gasteiger partial charge in [0.05, 0.1) is 0 Å². The SMILES string of the molecule is O=C(NCc1ccc(CN2CCCCC2)cc1)c1ccc(CN2CCc3ccccc3C2)cc1. The van der Waals surface area contributed by atoms with E-state index in [9.17, 15) is 4.79 Å². The van der Waals surface area contributed by atoms with Gasteiger partial charge >= 0.3 is 0 Å². The number of amides is 1. The van der Waals surface area contributed by atoms with Crippen molar-refractivity contribution in [3.05, 3.63) is 106 Å². The Kier molecular flexibility index (Phi) is 7.37. The highest BCUT2D eigenvalue weighted by Gasteiger charge is 2.16. The van der Waals surface area contributed by atoms with Crippen molar-refractivity contribution in [2.45, 2.75) is 51.9 Å². The second-order valence-corrected chi connectivity index (χ2v) is 9.76. The molecule has 0 atom stereocenters. The fourth-order valence-corrected chi connectivity index (χ4v) is 5.13. The lowest BCUT2D eigenvalue weighted by Crippen LogP contribution is -2.30. The van der Waals surface area contributed by atoms with Gasteiger partial charge in [0.2, 0.25) is 0 Å². The van der Waals surface area contributed by atoms with E-state index in [-0.39, 0.29) is 5.91 Å². The number of nitrogens with zero attached hydrogens (tertiary/aromatic N) is 2. The molecule has 0 aliphatic carbocycles. The van der Waals surface area contributed by atoms with Gasteiger partial charge in [0.15, 0.2) is 0 Å². The normalized spacial score (nSPS) is 16.7. The van der Waals surface area contributed by atoms with E-state index in [0.717, 1.165) is 43.7 Å². The summed E-state index contributed by atoms with van der Waals surface area (Å²) in [5.41, 5.74) is 7.36. The molecular weight excluding hydrogens is 418 g/mol. The van der Waals surface area contributed by atoms with Crippen LogP contribution in [0.4, 0.5) is 0 Å². The minimum Gasteiger partial charge on any atom is -0.348 e. The van der Waals surface area contributed by atoms with Gasteiger partial charge in [-0.05, 0) is 72.3 Å². The summed E-state index contributed by atoms with van der Waals surface area (Å²) in [6.45, 7) is 7.00. The van der Waals surface area contributed by atoms with Crippen LogP contribution in [-0.4, -0.2) is 35.3 Å². The molecule has 0 spiro atoms. The van der Waals surface area contributed by atoms with E-state index in [0.29, 0.717) is 6.54 Å². The largest absolute Gasteiger partial charge is 0.348 e. The van der Waals surface area contributed by atoms with Crippen molar-refractivity contribution < 1.29 is 4.79 Å². The van der Waals surface area contributed by atoms with Crippen LogP contribution in [0.1, 0.15) is 57.4 Å². The quantitative estimate of drug-likeness (QED) is 0.537. The first kappa shape index (κ1) is 22.8. The predicted molar refractivity (Wildman–Crippen MR) is 137 cm³/mol. The molecule has 2 heterocycles. The molecule has 1 N–H and O–H groups in total. The molecule has 0 saturated carbocycles. The van der Waals surface area contributed by atoms with Gasteiger partial charge in [0, 0.05) is 38.3 Å². The fraction of sp³-hybridized carbons (Fsp3) is 0.367. The molecule has 1 fully saturated rings. The van der Waals surface area contributed by atoms with E-state index in [1.54, 1.807) is 0 Å². The highest BCUT2D eigenvalue weighted by Crippen LogP contribution is 2.20. The van der Waals surface area contributed by atoms with Gasteiger partial charge in [0.1, 0.15) is 0 Å². The summed E-state index contributed by atoms with van der Waals surface area (Å²) < 4.78 is 0. The molecule has 34 heavy (non-hydrogen) atoms. The van der Waals surface area contributed by atoms with Crippen LogP contribution in [0.3, 0.4) is 0 Å². The number of benzene rings is 3. The Morgan fingerprint density at radius 1 is 0.676 bits per heavy atom. The standard InChI is InChI=1S/C30H35N3O/c34-30(31-20-24-8-10-25(11-9-24)21-32-17-4-1-5-18-32)28-14-12-26(13-15-28)22-33-19-16-27-6-2-3-7-29(27)23-33/h2-3,6-15H,1,4-5,16-23H2,(H,31,34). The lowest BCUT2D eigenvalue weighted by Gasteiger charge is -2.28. The van der Waals surface area contributed by atoms with Gasteiger partial charge in [-0.1, -0.05) is 67.1 Å². The molecule has 1 saturated heterocycles. The van der Waals surface area contributed by atoms with Crippen molar-refractivity contribution in [2.24, 2.45) is 0 Å². The fourth-order valence-electron chi connectivity index (χ4n) is 5.13. The van der Waals surface area contributed by atoms with Crippen molar-refractivity contribution in [1.29, 1.82) is 0 Å². The summed E-state index contributed by atoms with van der Waals surface area (Å²) in [6, 6.07) is 25.5. The molecule has 0 bridgehead atoms. The number of hydrogen-bond acceptors (Lipinski definition) is 3. The van der Waals surface area contributed by atoms with E-state index >= 15 is 0 Å². The van der Waals surface area contributed by atoms with E-state index in [2.05, 4.69) is 75.8 Å². The van der Waals surface area contributed by atoms with Crippen LogP contribution in [0, 0.1) is 0 Å². The Balaban J connectivity index is 1.09. The Bertz CT molecular complexity index is 1080. The van der Waals surface area contributed by atoms with E-state index in [1.165, 1.54) is 54.6 Å². The van der Waals surface area contributed by atoms with Gasteiger partial charge in [-0.15, -0.1) is 0 Å². The second-order valence-electron chi connectivity index (χ2n) is 9.76. The van der Waals surface area contributed by atoms with E-state index in [4.69, 9.17) is 0 Å². The smallest absolute Gasteiger partial charge is 0.251 e. The minimum atomic E-state index is -0.0177. The molecule has 2 aliphatic heterocycles. The third kappa shape index (κ3) is 5.94. The summed E-state index contributed by atoms with van der Waals surface area (Å²) in [6.07, 6.45) is 5.11. The van der Waals surface area contributed by atoms with Gasteiger partial charge in [-0.3, -0.25) is 14.6 Å². The van der Waals surface area contributed by atoms with Crippen molar-refractivity contribution >= 4 is 5.91 Å². The van der Waals surface area contributed by atoms with Crippen molar-refractivity contribution in [3.63, 3.8) is 0 Å². The monoisotopic (exact) mass is 453 g/mol. The minimum absolute atomic E-state index is 0.0177. The van der Waals surface area contributed by atoms with Crippen LogP contribution in [0.5, 0.6) is 0 Å². The number of nitrogens with one attached hydrogen (secondary N) is 1. The second kappa shape index (κ2) is 11.0. The Morgan fingerprint density at radius 2 is 1.29 bits per heavy atom. The Hall–Kier alpha value is -2.95. The molecule has 4 nitrogen and oxygen atoms in total. The van der Waals surface area contributed by atoms with Gasteiger partial charge in [-0.25, -0.2) is 0 Å². The predicted octanol–water partition coefficient (Wildman–Crippen LogP) is 5.16. The zero-order chi connectivity index (χ0) is 23.2. The average Bonchev–Trinajstić information content (AvgIpc) is 2.89. The maximum Gasteiger partial charge on any atom is 0.251 e. The maximum absolute atomic E-state index is 12.7. The number of rotatable bonds is 7. The first-order valence-corrected chi connectivity index (χ1v) is 12.7. The van der Waals surface area contributed by atoms with Crippen LogP contribution in [-0.2, 0) is 32.6 Å². The first-order chi connectivity index (χ1) is 16.7. The maximum atomic E-state index is 12.7. The summed E-state index contributed by atoms with van der Waals surface area (Å²) in [7, 11) is 0. The number of carbonyl (C=O) groups excluding carboxylic acids is 1. The van der Waals surface area contributed by atoms with Crippen LogP contribution < -0.4 is 5.32 Å². The van der Waals surface area contributed by atoms with E-state index in [1.807, 2.05) is 12.1 Å². The topological polar surface area (TPSA) is 35.6 Å². The molecule has 0 aromatic heterocycles. The van der Waals surface area contributed by atoms with Crippen LogP contribution >= 0.6 is 0 Å². The Morgan fingerprint density at radius 3 is 2.03 bits per heavy atom. The van der Waals surface area contributed by atoms with Crippen LogP contribution in [0.15, 0.2) is 72.8 Å². The van der Waals surface area contributed by atoms with Gasteiger partial charge < -0.3 is 5.32 Å². The molecule has 0 radical (unpaired) electrons. The highest BCUT2D eigenvalue weighted by molar-refractivity contribution is 5.94. The summed E-state index contributed by atoms with van der Waals surface area (Å²) in [4.78, 5) is 17.7. The van der Waals surface area contributed by atoms with Crippen molar-refractivity contribution in [2.75, 3.05) is 19.6 Å². The summed E-state index contributed by atoms with van der Waals surface area (Å²) in [5, 5.41) is 3.07. The molecule has 1 amide bonds. The number of fused-ring (bicyclic) bond motifs is 1. The molecular formula is C30H35N3O.